The van der Waals surface area contributed by atoms with Crippen LogP contribution in [0.4, 0.5) is 5.82 Å². The van der Waals surface area contributed by atoms with Crippen molar-refractivity contribution in [1.82, 2.24) is 9.97 Å². The van der Waals surface area contributed by atoms with Gasteiger partial charge in [-0.1, -0.05) is 12.1 Å². The Bertz CT molecular complexity index is 777. The maximum atomic E-state index is 9.37. The number of aliphatic hydroxyl groups is 1. The van der Waals surface area contributed by atoms with Crippen molar-refractivity contribution in [3.05, 3.63) is 30.6 Å². The number of aromatic nitrogens is 2. The lowest BCUT2D eigenvalue weighted by Gasteiger charge is -2.12. The summed E-state index contributed by atoms with van der Waals surface area (Å²) < 4.78 is 5.85. The predicted octanol–water partition coefficient (Wildman–Crippen LogP) is 2.56. The van der Waals surface area contributed by atoms with Crippen molar-refractivity contribution < 1.29 is 9.52 Å². The number of hydrogen-bond acceptors (Lipinski definition) is 5. The Hall–Kier alpha value is -2.14. The number of aliphatic hydroxyl groups excluding tert-OH is 1. The number of nitrogens with zero attached hydrogens (tertiary/aromatic N) is 2. The standard InChI is InChI=1S/C15H15N3O2/c19-8-15(5-6-15)7-16-14-13-12(17-9-18-14)10-3-1-2-4-11(10)20-13/h1-4,9,19H,5-8H2,(H,16,17,18). The van der Waals surface area contributed by atoms with Gasteiger partial charge in [0.15, 0.2) is 11.4 Å². The van der Waals surface area contributed by atoms with Gasteiger partial charge in [0.25, 0.3) is 0 Å². The molecule has 0 unspecified atom stereocenters. The van der Waals surface area contributed by atoms with Crippen molar-refractivity contribution in [3.63, 3.8) is 0 Å². The third-order valence-electron chi connectivity index (χ3n) is 4.08. The molecule has 1 fully saturated rings. The molecule has 0 aliphatic heterocycles. The fraction of sp³-hybridized carbons (Fsp3) is 0.333. The molecule has 5 nitrogen and oxygen atoms in total. The molecule has 0 atom stereocenters. The molecule has 20 heavy (non-hydrogen) atoms. The highest BCUT2D eigenvalue weighted by Gasteiger charge is 2.41. The molecule has 0 radical (unpaired) electrons. The fourth-order valence-electron chi connectivity index (χ4n) is 2.49. The Morgan fingerprint density at radius 3 is 2.90 bits per heavy atom. The van der Waals surface area contributed by atoms with Crippen LogP contribution in [0.5, 0.6) is 0 Å². The summed E-state index contributed by atoms with van der Waals surface area (Å²) >= 11 is 0. The minimum atomic E-state index is 0.0310. The Balaban J connectivity index is 1.75. The minimum absolute atomic E-state index is 0.0310. The zero-order valence-corrected chi connectivity index (χ0v) is 11.0. The van der Waals surface area contributed by atoms with Gasteiger partial charge in [0.1, 0.15) is 17.4 Å². The van der Waals surface area contributed by atoms with Crippen molar-refractivity contribution in [2.24, 2.45) is 5.41 Å². The van der Waals surface area contributed by atoms with Crippen LogP contribution in [-0.4, -0.2) is 28.2 Å². The number of fused-ring (bicyclic) bond motifs is 3. The first-order valence-electron chi connectivity index (χ1n) is 6.78. The highest BCUT2D eigenvalue weighted by molar-refractivity contribution is 6.05. The topological polar surface area (TPSA) is 71.2 Å². The van der Waals surface area contributed by atoms with Gasteiger partial charge in [-0.3, -0.25) is 0 Å². The normalized spacial score (nSPS) is 16.6. The van der Waals surface area contributed by atoms with E-state index in [0.717, 1.165) is 29.3 Å². The lowest BCUT2D eigenvalue weighted by Crippen LogP contribution is -2.19. The van der Waals surface area contributed by atoms with Gasteiger partial charge in [-0.15, -0.1) is 0 Å². The monoisotopic (exact) mass is 269 g/mol. The number of benzene rings is 1. The number of rotatable bonds is 4. The van der Waals surface area contributed by atoms with E-state index in [0.29, 0.717) is 17.9 Å². The lowest BCUT2D eigenvalue weighted by molar-refractivity contribution is 0.219. The Labute approximate surface area is 115 Å². The maximum absolute atomic E-state index is 9.37. The second-order valence-electron chi connectivity index (χ2n) is 5.51. The van der Waals surface area contributed by atoms with Crippen LogP contribution in [0.3, 0.4) is 0 Å². The third-order valence-corrected chi connectivity index (χ3v) is 4.08. The SMILES string of the molecule is OCC1(CNc2ncnc3c2oc2ccccc23)CC1. The first-order valence-corrected chi connectivity index (χ1v) is 6.78. The Kier molecular flexibility index (Phi) is 2.44. The number of furan rings is 1. The summed E-state index contributed by atoms with van der Waals surface area (Å²) in [5.41, 5.74) is 2.35. The summed E-state index contributed by atoms with van der Waals surface area (Å²) in [6.45, 7) is 0.932. The molecule has 1 aliphatic carbocycles. The average molecular weight is 269 g/mol. The van der Waals surface area contributed by atoms with Crippen LogP contribution in [0, 0.1) is 5.41 Å². The molecule has 2 aromatic heterocycles. The summed E-state index contributed by atoms with van der Waals surface area (Å²) in [7, 11) is 0. The average Bonchev–Trinajstić information content (AvgIpc) is 3.18. The molecule has 1 saturated carbocycles. The summed E-state index contributed by atoms with van der Waals surface area (Å²) in [5, 5.41) is 13.7. The molecule has 4 rings (SSSR count). The Morgan fingerprint density at radius 2 is 2.10 bits per heavy atom. The molecule has 3 aromatic rings. The number of anilines is 1. The molecule has 5 heteroatoms. The van der Waals surface area contributed by atoms with E-state index in [-0.39, 0.29) is 12.0 Å². The minimum Gasteiger partial charge on any atom is -0.450 e. The third kappa shape index (κ3) is 1.74. The lowest BCUT2D eigenvalue weighted by atomic mass is 10.1. The second-order valence-corrected chi connectivity index (χ2v) is 5.51. The van der Waals surface area contributed by atoms with Crippen LogP contribution >= 0.6 is 0 Å². The van der Waals surface area contributed by atoms with Crippen LogP contribution in [-0.2, 0) is 0 Å². The van der Waals surface area contributed by atoms with Gasteiger partial charge >= 0.3 is 0 Å². The number of nitrogens with one attached hydrogen (secondary N) is 1. The molecular formula is C15H15N3O2. The molecule has 0 saturated heterocycles. The smallest absolute Gasteiger partial charge is 0.196 e. The largest absolute Gasteiger partial charge is 0.450 e. The highest BCUT2D eigenvalue weighted by Crippen LogP contribution is 2.45. The zero-order chi connectivity index (χ0) is 13.6. The van der Waals surface area contributed by atoms with Gasteiger partial charge in [-0.05, 0) is 25.0 Å². The van der Waals surface area contributed by atoms with Gasteiger partial charge in [0.2, 0.25) is 0 Å². The fourth-order valence-corrected chi connectivity index (χ4v) is 2.49. The van der Waals surface area contributed by atoms with Gasteiger partial charge in [-0.25, -0.2) is 9.97 Å². The van der Waals surface area contributed by atoms with Crippen LogP contribution in [0.1, 0.15) is 12.8 Å². The van der Waals surface area contributed by atoms with Crippen LogP contribution in [0.25, 0.3) is 22.1 Å². The van der Waals surface area contributed by atoms with E-state index in [2.05, 4.69) is 15.3 Å². The van der Waals surface area contributed by atoms with E-state index >= 15 is 0 Å². The van der Waals surface area contributed by atoms with Gasteiger partial charge in [0.05, 0.1) is 6.61 Å². The number of hydrogen-bond donors (Lipinski definition) is 2. The van der Waals surface area contributed by atoms with Gasteiger partial charge < -0.3 is 14.8 Å². The van der Waals surface area contributed by atoms with E-state index < -0.39 is 0 Å². The first-order chi connectivity index (χ1) is 9.81. The molecule has 1 aromatic carbocycles. The van der Waals surface area contributed by atoms with E-state index in [1.807, 2.05) is 24.3 Å². The van der Waals surface area contributed by atoms with E-state index in [9.17, 15) is 5.11 Å². The molecule has 2 N–H and O–H groups in total. The van der Waals surface area contributed by atoms with Crippen molar-refractivity contribution in [2.75, 3.05) is 18.5 Å². The molecule has 102 valence electrons. The molecule has 0 bridgehead atoms. The van der Waals surface area contributed by atoms with Crippen LogP contribution in [0.15, 0.2) is 35.0 Å². The predicted molar refractivity (Wildman–Crippen MR) is 76.6 cm³/mol. The molecule has 1 aliphatic rings. The summed E-state index contributed by atoms with van der Waals surface area (Å²) in [6, 6.07) is 7.83. The highest BCUT2D eigenvalue weighted by atomic mass is 16.3. The second kappa shape index (κ2) is 4.18. The maximum Gasteiger partial charge on any atom is 0.196 e. The van der Waals surface area contributed by atoms with E-state index in [4.69, 9.17) is 4.42 Å². The first kappa shape index (κ1) is 11.7. The summed E-state index contributed by atoms with van der Waals surface area (Å²) in [4.78, 5) is 8.59. The van der Waals surface area contributed by atoms with E-state index in [1.165, 1.54) is 0 Å². The summed E-state index contributed by atoms with van der Waals surface area (Å²) in [5.74, 6) is 0.700. The van der Waals surface area contributed by atoms with Crippen LogP contribution in [0.2, 0.25) is 0 Å². The van der Waals surface area contributed by atoms with Crippen molar-refractivity contribution >= 4 is 27.9 Å². The molecular weight excluding hydrogens is 254 g/mol. The van der Waals surface area contributed by atoms with Crippen molar-refractivity contribution in [1.29, 1.82) is 0 Å². The Morgan fingerprint density at radius 1 is 1.25 bits per heavy atom. The quantitative estimate of drug-likeness (QED) is 0.761. The molecule has 2 heterocycles. The van der Waals surface area contributed by atoms with Crippen molar-refractivity contribution in [3.8, 4) is 0 Å². The van der Waals surface area contributed by atoms with E-state index in [1.54, 1.807) is 6.33 Å². The van der Waals surface area contributed by atoms with Gasteiger partial charge in [-0.2, -0.15) is 0 Å². The van der Waals surface area contributed by atoms with Crippen LogP contribution < -0.4 is 5.32 Å². The number of para-hydroxylation sites is 1. The molecule has 0 spiro atoms. The zero-order valence-electron chi connectivity index (χ0n) is 11.0. The van der Waals surface area contributed by atoms with Gasteiger partial charge in [0, 0.05) is 17.3 Å². The summed E-state index contributed by atoms with van der Waals surface area (Å²) in [6.07, 6.45) is 3.67. The molecule has 0 amide bonds. The van der Waals surface area contributed by atoms with Crippen molar-refractivity contribution in [2.45, 2.75) is 12.8 Å².